The van der Waals surface area contributed by atoms with Crippen molar-refractivity contribution in [1.82, 2.24) is 10.3 Å². The second kappa shape index (κ2) is 9.59. The van der Waals surface area contributed by atoms with E-state index < -0.39 is 0 Å². The van der Waals surface area contributed by atoms with Crippen LogP contribution in [-0.4, -0.2) is 23.0 Å². The van der Waals surface area contributed by atoms with Crippen molar-refractivity contribution in [1.29, 1.82) is 0 Å². The van der Waals surface area contributed by atoms with Crippen molar-refractivity contribution in [2.45, 2.75) is 57.0 Å². The number of halogens is 1. The van der Waals surface area contributed by atoms with Crippen molar-refractivity contribution >= 4 is 45.4 Å². The first-order valence-corrected chi connectivity index (χ1v) is 11.6. The topological polar surface area (TPSA) is 54.0 Å². The fourth-order valence-electron chi connectivity index (χ4n) is 4.03. The van der Waals surface area contributed by atoms with Gasteiger partial charge in [0.25, 0.3) is 0 Å². The van der Waals surface area contributed by atoms with Gasteiger partial charge in [-0.15, -0.1) is 11.3 Å². The van der Waals surface area contributed by atoms with E-state index in [0.29, 0.717) is 23.5 Å². The molecule has 1 fully saturated rings. The monoisotopic (exact) mass is 427 g/mol. The van der Waals surface area contributed by atoms with Gasteiger partial charge in [0, 0.05) is 45.7 Å². The van der Waals surface area contributed by atoms with Gasteiger partial charge in [-0.05, 0) is 74.2 Å². The number of hydrogen-bond acceptors (Lipinski definition) is 4. The van der Waals surface area contributed by atoms with Crippen LogP contribution in [0.3, 0.4) is 0 Å². The number of nitrogens with one attached hydrogen (secondary N) is 2. The molecule has 0 unspecified atom stereocenters. The number of thiophene rings is 1. The molecular formula is C23H26ClN3OS. The van der Waals surface area contributed by atoms with Crippen LogP contribution < -0.4 is 10.6 Å². The summed E-state index contributed by atoms with van der Waals surface area (Å²) in [4.78, 5) is 18.0. The van der Waals surface area contributed by atoms with Gasteiger partial charge in [-0.3, -0.25) is 9.78 Å². The van der Waals surface area contributed by atoms with E-state index in [1.54, 1.807) is 11.3 Å². The lowest BCUT2D eigenvalue weighted by Gasteiger charge is -2.30. The normalized spacial score (nSPS) is 19.2. The minimum absolute atomic E-state index is 0.190. The van der Waals surface area contributed by atoms with Crippen LogP contribution in [0.15, 0.2) is 48.0 Å². The van der Waals surface area contributed by atoms with E-state index >= 15 is 0 Å². The number of fused-ring (bicyclic) bond motifs is 1. The van der Waals surface area contributed by atoms with Crippen molar-refractivity contribution in [3.63, 3.8) is 0 Å². The van der Waals surface area contributed by atoms with E-state index in [1.165, 1.54) is 4.88 Å². The van der Waals surface area contributed by atoms with Gasteiger partial charge in [0.05, 0.1) is 5.52 Å². The maximum absolute atomic E-state index is 12.2. The lowest BCUT2D eigenvalue weighted by molar-refractivity contribution is -0.122. The third kappa shape index (κ3) is 5.49. The summed E-state index contributed by atoms with van der Waals surface area (Å²) < 4.78 is 0. The summed E-state index contributed by atoms with van der Waals surface area (Å²) in [6, 6.07) is 12.8. The number of nitrogens with zero attached hydrogens (tertiary/aromatic N) is 1. The number of pyridine rings is 1. The Hall–Kier alpha value is -2.11. The predicted molar refractivity (Wildman–Crippen MR) is 122 cm³/mol. The molecular weight excluding hydrogens is 402 g/mol. The molecule has 4 nitrogen and oxygen atoms in total. The highest BCUT2D eigenvalue weighted by Crippen LogP contribution is 2.28. The summed E-state index contributed by atoms with van der Waals surface area (Å²) in [6.45, 7) is 0. The van der Waals surface area contributed by atoms with Crippen molar-refractivity contribution in [2.75, 3.05) is 5.32 Å². The highest BCUT2D eigenvalue weighted by atomic mass is 35.5. The van der Waals surface area contributed by atoms with E-state index in [-0.39, 0.29) is 5.91 Å². The molecule has 1 aliphatic rings. The summed E-state index contributed by atoms with van der Waals surface area (Å²) in [5.74, 6) is 0.190. The SMILES string of the molecule is O=C(CCCc1cccs1)NC1CCC(Nc2ccnc3cc(Cl)ccc23)CC1. The molecule has 29 heavy (non-hydrogen) atoms. The zero-order valence-corrected chi connectivity index (χ0v) is 17.9. The van der Waals surface area contributed by atoms with Crippen LogP contribution in [0.25, 0.3) is 10.9 Å². The average Bonchev–Trinajstić information content (AvgIpc) is 3.23. The molecule has 0 spiro atoms. The van der Waals surface area contributed by atoms with Crippen molar-refractivity contribution in [3.8, 4) is 0 Å². The number of hydrogen-bond donors (Lipinski definition) is 2. The van der Waals surface area contributed by atoms with Gasteiger partial charge in [-0.25, -0.2) is 0 Å². The van der Waals surface area contributed by atoms with Crippen molar-refractivity contribution < 1.29 is 4.79 Å². The van der Waals surface area contributed by atoms with Crippen molar-refractivity contribution in [3.05, 3.63) is 57.9 Å². The molecule has 3 aromatic rings. The van der Waals surface area contributed by atoms with Crippen LogP contribution in [-0.2, 0) is 11.2 Å². The Morgan fingerprint density at radius 1 is 1.14 bits per heavy atom. The molecule has 6 heteroatoms. The van der Waals surface area contributed by atoms with Crippen LogP contribution in [0, 0.1) is 0 Å². The first-order valence-electron chi connectivity index (χ1n) is 10.3. The van der Waals surface area contributed by atoms with Gasteiger partial charge in [0.15, 0.2) is 0 Å². The van der Waals surface area contributed by atoms with Gasteiger partial charge < -0.3 is 10.6 Å². The number of aryl methyl sites for hydroxylation is 1. The van der Waals surface area contributed by atoms with E-state index in [9.17, 15) is 4.79 Å². The number of carbonyl (C=O) groups is 1. The van der Waals surface area contributed by atoms with E-state index in [1.807, 2.05) is 30.5 Å². The summed E-state index contributed by atoms with van der Waals surface area (Å²) in [6.07, 6.45) is 8.49. The molecule has 1 aliphatic carbocycles. The summed E-state index contributed by atoms with van der Waals surface area (Å²) in [5, 5.41) is 10.8. The molecule has 0 atom stereocenters. The first-order chi connectivity index (χ1) is 14.2. The Morgan fingerprint density at radius 2 is 1.97 bits per heavy atom. The number of rotatable bonds is 7. The van der Waals surface area contributed by atoms with Crippen molar-refractivity contribution in [2.24, 2.45) is 0 Å². The summed E-state index contributed by atoms with van der Waals surface area (Å²) >= 11 is 7.85. The molecule has 0 bridgehead atoms. The van der Waals surface area contributed by atoms with Crippen LogP contribution in [0.5, 0.6) is 0 Å². The van der Waals surface area contributed by atoms with Gasteiger partial charge in [0.1, 0.15) is 0 Å². The molecule has 2 heterocycles. The Balaban J connectivity index is 1.23. The molecule has 152 valence electrons. The van der Waals surface area contributed by atoms with Gasteiger partial charge in [-0.2, -0.15) is 0 Å². The molecule has 4 rings (SSSR count). The van der Waals surface area contributed by atoms with Gasteiger partial charge >= 0.3 is 0 Å². The van der Waals surface area contributed by atoms with Gasteiger partial charge in [0.2, 0.25) is 5.91 Å². The van der Waals surface area contributed by atoms with Crippen LogP contribution in [0.1, 0.15) is 43.4 Å². The van der Waals surface area contributed by atoms with Crippen LogP contribution >= 0.6 is 22.9 Å². The molecule has 0 saturated heterocycles. The molecule has 2 aromatic heterocycles. The number of aromatic nitrogens is 1. The fourth-order valence-corrected chi connectivity index (χ4v) is 4.94. The Morgan fingerprint density at radius 3 is 2.76 bits per heavy atom. The zero-order chi connectivity index (χ0) is 20.1. The Bertz CT molecular complexity index is 952. The summed E-state index contributed by atoms with van der Waals surface area (Å²) in [5.41, 5.74) is 2.01. The molecule has 1 saturated carbocycles. The molecule has 1 aromatic carbocycles. The second-order valence-electron chi connectivity index (χ2n) is 7.71. The maximum atomic E-state index is 12.2. The maximum Gasteiger partial charge on any atom is 0.220 e. The third-order valence-corrected chi connectivity index (χ3v) is 6.74. The van der Waals surface area contributed by atoms with E-state index in [0.717, 1.165) is 55.1 Å². The fraction of sp³-hybridized carbons (Fsp3) is 0.391. The lowest BCUT2D eigenvalue weighted by atomic mass is 9.90. The minimum Gasteiger partial charge on any atom is -0.382 e. The predicted octanol–water partition coefficient (Wildman–Crippen LogP) is 5.81. The molecule has 1 amide bonds. The van der Waals surface area contributed by atoms with E-state index in [4.69, 9.17) is 11.6 Å². The Labute approximate surface area is 180 Å². The lowest BCUT2D eigenvalue weighted by Crippen LogP contribution is -2.40. The van der Waals surface area contributed by atoms with Crippen LogP contribution in [0.2, 0.25) is 5.02 Å². The summed E-state index contributed by atoms with van der Waals surface area (Å²) in [7, 11) is 0. The zero-order valence-electron chi connectivity index (χ0n) is 16.4. The molecule has 2 N–H and O–H groups in total. The number of anilines is 1. The third-order valence-electron chi connectivity index (χ3n) is 5.56. The average molecular weight is 428 g/mol. The second-order valence-corrected chi connectivity index (χ2v) is 9.18. The highest BCUT2D eigenvalue weighted by molar-refractivity contribution is 7.09. The standard InChI is InChI=1S/C23H26ClN3OS/c24-16-6-11-20-21(12-13-25-22(20)15-16)26-17-7-9-18(10-8-17)27-23(28)5-1-3-19-4-2-14-29-19/h2,4,6,11-15,17-18H,1,3,5,7-10H2,(H,25,26)(H,27,28). The number of amides is 1. The number of benzene rings is 1. The largest absolute Gasteiger partial charge is 0.382 e. The minimum atomic E-state index is 0.190. The molecule has 0 radical (unpaired) electrons. The number of carbonyl (C=O) groups excluding carboxylic acids is 1. The smallest absolute Gasteiger partial charge is 0.220 e. The van der Waals surface area contributed by atoms with Gasteiger partial charge in [-0.1, -0.05) is 17.7 Å². The first kappa shape index (κ1) is 20.2. The van der Waals surface area contributed by atoms with Crippen LogP contribution in [0.4, 0.5) is 5.69 Å². The van der Waals surface area contributed by atoms with E-state index in [2.05, 4.69) is 33.1 Å². The quantitative estimate of drug-likeness (QED) is 0.500. The Kier molecular flexibility index (Phi) is 6.67. The highest BCUT2D eigenvalue weighted by Gasteiger charge is 2.22. The molecule has 0 aliphatic heterocycles.